The van der Waals surface area contributed by atoms with Crippen molar-refractivity contribution < 1.29 is 33.3 Å². The predicted molar refractivity (Wildman–Crippen MR) is 209 cm³/mol. The molecule has 2 aliphatic heterocycles. The van der Waals surface area contributed by atoms with Crippen molar-refractivity contribution >= 4 is 44.8 Å². The van der Waals surface area contributed by atoms with Crippen LogP contribution in [-0.4, -0.2) is 114 Å². The summed E-state index contributed by atoms with van der Waals surface area (Å²) in [7, 11) is -3.95. The van der Waals surface area contributed by atoms with Crippen LogP contribution < -0.4 is 26.0 Å². The number of fused-ring (bicyclic) bond motifs is 1. The van der Waals surface area contributed by atoms with Crippen molar-refractivity contribution in [2.24, 2.45) is 5.14 Å². The highest BCUT2D eigenvalue weighted by molar-refractivity contribution is 7.89. The van der Waals surface area contributed by atoms with E-state index < -0.39 is 40.6 Å². The monoisotopic (exact) mass is 811 g/mol. The third-order valence-corrected chi connectivity index (χ3v) is 10.9. The first-order chi connectivity index (χ1) is 28.1. The molecule has 3 aromatic heterocycles. The molecule has 8 rings (SSSR count). The lowest BCUT2D eigenvalue weighted by atomic mass is 9.91. The fourth-order valence-corrected chi connectivity index (χ4v) is 7.75. The van der Waals surface area contributed by atoms with E-state index in [1.54, 1.807) is 16.8 Å². The number of aliphatic hydroxyl groups is 3. The van der Waals surface area contributed by atoms with Crippen LogP contribution in [0.1, 0.15) is 41.6 Å². The van der Waals surface area contributed by atoms with E-state index in [1.807, 2.05) is 41.3 Å². The number of anilines is 3. The highest BCUT2D eigenvalue weighted by atomic mass is 32.2. The maximum Gasteiger partial charge on any atom is 0.319 e. The zero-order chi connectivity index (χ0) is 40.4. The number of nitrogens with one attached hydrogen (secondary N) is 3. The number of carbonyl (C=O) groups is 1. The van der Waals surface area contributed by atoms with E-state index >= 15 is 0 Å². The molecule has 5 atom stereocenters. The normalized spacial score (nSPS) is 20.8. The van der Waals surface area contributed by atoms with Crippen molar-refractivity contribution in [1.82, 2.24) is 45.0 Å². The summed E-state index contributed by atoms with van der Waals surface area (Å²) in [4.78, 5) is 30.2. The number of sulfonamides is 1. The van der Waals surface area contributed by atoms with Crippen LogP contribution in [0.3, 0.4) is 0 Å². The summed E-state index contributed by atoms with van der Waals surface area (Å²) in [6.07, 6.45) is -3.19. The van der Waals surface area contributed by atoms with E-state index in [0.29, 0.717) is 49.1 Å². The number of imidazole rings is 1. The number of nitrogens with zero attached hydrogens (tertiary/aromatic N) is 9. The van der Waals surface area contributed by atoms with Gasteiger partial charge in [-0.2, -0.15) is 9.78 Å². The number of urea groups is 1. The molecular formula is C37H41N13O7S. The van der Waals surface area contributed by atoms with Crippen molar-refractivity contribution in [1.29, 1.82) is 0 Å². The average molecular weight is 812 g/mol. The van der Waals surface area contributed by atoms with Gasteiger partial charge in [0.2, 0.25) is 27.7 Å². The maximum atomic E-state index is 12.9. The highest BCUT2D eigenvalue weighted by Crippen LogP contribution is 2.41. The molecule has 0 spiro atoms. The highest BCUT2D eigenvalue weighted by Gasteiger charge is 2.48. The van der Waals surface area contributed by atoms with Crippen LogP contribution in [0.15, 0.2) is 96.0 Å². The van der Waals surface area contributed by atoms with Crippen molar-refractivity contribution in [3.05, 3.63) is 108 Å². The molecule has 0 saturated carbocycles. The molecule has 0 radical (unpaired) electrons. The molecule has 6 aromatic rings. The number of primary sulfonamides is 1. The van der Waals surface area contributed by atoms with Gasteiger partial charge in [-0.15, -0.1) is 10.2 Å². The standard InChI is InChI=1S/C37H41N13O7S/c38-58(55,56)26-13-7-12-24(18-26)41-37(54)42-25-14-15-48(21-25)35-40-20-28-33(44-35)50(34-30(53)29(52)31(57-34)32-45-47-49(46-32)16-17-51)36(43-28)39-19-27(22-8-3-1-4-9-22)23-10-5-2-6-11-23/h1-13,18,20,25,27,29-31,34,51-53H,14-17,19,21H2,(H,39,43)(H2,38,55,56)(H2,41,42,54)/t25-,29+,30-,31+,34-/m1/s1. The minimum absolute atomic E-state index is 0.0294. The Hall–Kier alpha value is -6.10. The minimum Gasteiger partial charge on any atom is -0.394 e. The van der Waals surface area contributed by atoms with Crippen molar-refractivity contribution in [3.8, 4) is 0 Å². The van der Waals surface area contributed by atoms with Gasteiger partial charge in [-0.1, -0.05) is 66.7 Å². The van der Waals surface area contributed by atoms with E-state index in [4.69, 9.17) is 19.8 Å². The summed E-state index contributed by atoms with van der Waals surface area (Å²) in [5.41, 5.74) is 3.09. The molecule has 302 valence electrons. The van der Waals surface area contributed by atoms with Gasteiger partial charge in [-0.05, 0) is 41.0 Å². The number of aromatic nitrogens is 8. The first-order valence-corrected chi connectivity index (χ1v) is 20.0. The van der Waals surface area contributed by atoms with Crippen molar-refractivity contribution in [2.45, 2.75) is 54.4 Å². The van der Waals surface area contributed by atoms with Gasteiger partial charge in [0.1, 0.15) is 17.7 Å². The number of tetrazole rings is 1. The quantitative estimate of drug-likeness (QED) is 0.0860. The second-order valence-corrected chi connectivity index (χ2v) is 15.5. The molecule has 3 aromatic carbocycles. The molecule has 5 heterocycles. The first kappa shape index (κ1) is 38.8. The van der Waals surface area contributed by atoms with Gasteiger partial charge in [0.05, 0.1) is 24.2 Å². The molecule has 0 bridgehead atoms. The topological polar surface area (TPSA) is 274 Å². The lowest BCUT2D eigenvalue weighted by molar-refractivity contribution is -0.0372. The molecule has 58 heavy (non-hydrogen) atoms. The number of hydrogen-bond donors (Lipinski definition) is 7. The number of hydrogen-bond acceptors (Lipinski definition) is 15. The van der Waals surface area contributed by atoms with Gasteiger partial charge in [0.25, 0.3) is 0 Å². The molecular weight excluding hydrogens is 771 g/mol. The van der Waals surface area contributed by atoms with Crippen LogP contribution in [-0.2, 0) is 21.3 Å². The summed E-state index contributed by atoms with van der Waals surface area (Å²) in [5.74, 6) is 0.563. The van der Waals surface area contributed by atoms with Crippen LogP contribution in [0.25, 0.3) is 11.2 Å². The van der Waals surface area contributed by atoms with Gasteiger partial charge in [0, 0.05) is 37.3 Å². The SMILES string of the molecule is NS(=O)(=O)c1cccc(NC(=O)N[C@@H]2CCN(c3ncc4nc(NCC(c5ccccc5)c5ccccc5)n([C@@H]5O[C@H](c6nnn(CCO)n6)[C@@H](O)[C@H]5O)c4n3)C2)c1. The summed E-state index contributed by atoms with van der Waals surface area (Å²) in [6, 6.07) is 24.8. The number of nitrogens with two attached hydrogens (primary N) is 1. The Kier molecular flexibility index (Phi) is 11.0. The van der Waals surface area contributed by atoms with E-state index in [2.05, 4.69) is 60.6 Å². The van der Waals surface area contributed by atoms with Crippen molar-refractivity contribution in [2.75, 3.05) is 41.8 Å². The van der Waals surface area contributed by atoms with Crippen LogP contribution in [0, 0.1) is 0 Å². The van der Waals surface area contributed by atoms with Crippen LogP contribution in [0.5, 0.6) is 0 Å². The predicted octanol–water partition coefficient (Wildman–Crippen LogP) is 1.09. The molecule has 2 aliphatic rings. The van der Waals surface area contributed by atoms with Gasteiger partial charge in [0.15, 0.2) is 18.0 Å². The molecule has 2 amide bonds. The Labute approximate surface area is 331 Å². The lowest BCUT2D eigenvalue weighted by Gasteiger charge is -2.23. The fraction of sp³-hybridized carbons (Fsp3) is 0.324. The Morgan fingerprint density at radius 2 is 1.72 bits per heavy atom. The number of ether oxygens (including phenoxy) is 1. The van der Waals surface area contributed by atoms with E-state index in [9.17, 15) is 28.5 Å². The number of amides is 2. The molecule has 0 unspecified atom stereocenters. The van der Waals surface area contributed by atoms with E-state index in [-0.39, 0.29) is 41.5 Å². The number of carbonyl (C=O) groups excluding carboxylic acids is 1. The maximum absolute atomic E-state index is 12.9. The number of aliphatic hydroxyl groups excluding tert-OH is 3. The third-order valence-electron chi connectivity index (χ3n) is 10.0. The average Bonchev–Trinajstić information content (AvgIpc) is 4.02. The Morgan fingerprint density at radius 3 is 2.43 bits per heavy atom. The second kappa shape index (κ2) is 16.4. The van der Waals surface area contributed by atoms with Gasteiger partial charge in [-0.3, -0.25) is 4.57 Å². The summed E-state index contributed by atoms with van der Waals surface area (Å²) >= 11 is 0. The second-order valence-electron chi connectivity index (χ2n) is 13.9. The van der Waals surface area contributed by atoms with Gasteiger partial charge in [-0.25, -0.2) is 28.3 Å². The Bertz CT molecular complexity index is 2450. The Morgan fingerprint density at radius 1 is 0.983 bits per heavy atom. The first-order valence-electron chi connectivity index (χ1n) is 18.5. The third kappa shape index (κ3) is 8.16. The fourth-order valence-electron chi connectivity index (χ4n) is 7.20. The van der Waals surface area contributed by atoms with Crippen molar-refractivity contribution in [3.63, 3.8) is 0 Å². The summed E-state index contributed by atoms with van der Waals surface area (Å²) in [6.45, 7) is 1.09. The molecule has 21 heteroatoms. The smallest absolute Gasteiger partial charge is 0.319 e. The summed E-state index contributed by atoms with van der Waals surface area (Å²) < 4.78 is 31.4. The number of benzene rings is 3. The molecule has 2 fully saturated rings. The molecule has 20 nitrogen and oxygen atoms in total. The minimum atomic E-state index is -3.95. The summed E-state index contributed by atoms with van der Waals surface area (Å²) in [5, 5.41) is 58.5. The van der Waals surface area contributed by atoms with Gasteiger partial charge < -0.3 is 40.9 Å². The largest absolute Gasteiger partial charge is 0.394 e. The van der Waals surface area contributed by atoms with Crippen LogP contribution >= 0.6 is 0 Å². The lowest BCUT2D eigenvalue weighted by Crippen LogP contribution is -2.40. The zero-order valence-corrected chi connectivity index (χ0v) is 31.7. The van der Waals surface area contributed by atoms with Crippen LogP contribution in [0.4, 0.5) is 22.4 Å². The van der Waals surface area contributed by atoms with E-state index in [1.165, 1.54) is 23.0 Å². The molecule has 8 N–H and O–H groups in total. The van der Waals surface area contributed by atoms with E-state index in [0.717, 1.165) is 11.1 Å². The number of rotatable bonds is 13. The van der Waals surface area contributed by atoms with Crippen LogP contribution in [0.2, 0.25) is 0 Å². The van der Waals surface area contributed by atoms with Gasteiger partial charge >= 0.3 is 6.03 Å². The molecule has 0 aliphatic carbocycles. The zero-order valence-electron chi connectivity index (χ0n) is 30.9. The Balaban J connectivity index is 1.07. The molecule has 2 saturated heterocycles.